The van der Waals surface area contributed by atoms with Crippen molar-refractivity contribution in [3.8, 4) is 11.4 Å². The highest BCUT2D eigenvalue weighted by Gasteiger charge is 2.12. The third-order valence-electron chi connectivity index (χ3n) is 3.90. The minimum Gasteiger partial charge on any atom is -0.352 e. The monoisotopic (exact) mass is 402 g/mol. The third-order valence-corrected chi connectivity index (χ3v) is 3.90. The second kappa shape index (κ2) is 8.91. The van der Waals surface area contributed by atoms with Gasteiger partial charge in [0.25, 0.3) is 5.91 Å². The second-order valence-corrected chi connectivity index (χ2v) is 6.06. The molecular weight excluding hydrogens is 386 g/mol. The Hall–Kier alpha value is -3.82. The summed E-state index contributed by atoms with van der Waals surface area (Å²) in [6.45, 7) is 0.142. The van der Waals surface area contributed by atoms with Crippen LogP contribution in [0.2, 0.25) is 0 Å². The third kappa shape index (κ3) is 5.34. The number of nitrogens with zero attached hydrogens (tertiary/aromatic N) is 1. The highest BCUT2D eigenvalue weighted by molar-refractivity contribution is 5.94. The van der Waals surface area contributed by atoms with Gasteiger partial charge in [-0.2, -0.15) is 0 Å². The van der Waals surface area contributed by atoms with E-state index in [2.05, 4.69) is 25.3 Å². The number of amides is 2. The van der Waals surface area contributed by atoms with Crippen LogP contribution in [-0.4, -0.2) is 28.5 Å². The van der Waals surface area contributed by atoms with Gasteiger partial charge >= 0.3 is 5.76 Å². The lowest BCUT2D eigenvalue weighted by Crippen LogP contribution is -2.26. The minimum atomic E-state index is -0.950. The predicted molar refractivity (Wildman–Crippen MR) is 99.1 cm³/mol. The van der Waals surface area contributed by atoms with Gasteiger partial charge in [-0.1, -0.05) is 17.3 Å². The Kier molecular flexibility index (Phi) is 6.12. The number of carbonyl (C=O) groups excluding carboxylic acids is 2. The van der Waals surface area contributed by atoms with Gasteiger partial charge in [0.1, 0.15) is 11.6 Å². The molecule has 2 aromatic carbocycles. The van der Waals surface area contributed by atoms with Crippen LogP contribution in [0.1, 0.15) is 23.2 Å². The predicted octanol–water partition coefficient (Wildman–Crippen LogP) is 2.46. The zero-order chi connectivity index (χ0) is 20.8. The van der Waals surface area contributed by atoms with Crippen molar-refractivity contribution in [2.75, 3.05) is 11.9 Å². The van der Waals surface area contributed by atoms with Gasteiger partial charge in [0, 0.05) is 30.3 Å². The molecule has 0 aliphatic carbocycles. The number of hydrogen-bond acceptors (Lipinski definition) is 5. The number of benzene rings is 2. The van der Waals surface area contributed by atoms with Crippen LogP contribution in [0.3, 0.4) is 0 Å². The van der Waals surface area contributed by atoms with Crippen LogP contribution in [-0.2, 0) is 4.79 Å². The first-order valence-electron chi connectivity index (χ1n) is 8.62. The fourth-order valence-electron chi connectivity index (χ4n) is 2.54. The maximum atomic E-state index is 13.5. The van der Waals surface area contributed by atoms with E-state index >= 15 is 0 Å². The van der Waals surface area contributed by atoms with Crippen LogP contribution in [0.5, 0.6) is 0 Å². The first-order chi connectivity index (χ1) is 13.9. The van der Waals surface area contributed by atoms with Crippen molar-refractivity contribution in [2.24, 2.45) is 0 Å². The van der Waals surface area contributed by atoms with Crippen molar-refractivity contribution < 1.29 is 22.9 Å². The SMILES string of the molecule is O=C(CCCNC(=O)c1ccc(F)cc1F)Nc1cccc(-c2noc(=O)[nH]2)c1. The van der Waals surface area contributed by atoms with Gasteiger partial charge < -0.3 is 10.6 Å². The van der Waals surface area contributed by atoms with E-state index in [0.717, 1.165) is 12.1 Å². The summed E-state index contributed by atoms with van der Waals surface area (Å²) in [6, 6.07) is 9.33. The Bertz CT molecular complexity index is 1090. The van der Waals surface area contributed by atoms with Crippen LogP contribution < -0.4 is 16.4 Å². The fourth-order valence-corrected chi connectivity index (χ4v) is 2.54. The van der Waals surface area contributed by atoms with Crippen LogP contribution in [0.4, 0.5) is 14.5 Å². The number of halogens is 2. The summed E-state index contributed by atoms with van der Waals surface area (Å²) in [4.78, 5) is 37.4. The first kappa shape index (κ1) is 19.9. The van der Waals surface area contributed by atoms with E-state index in [1.54, 1.807) is 24.3 Å². The number of rotatable bonds is 7. The largest absolute Gasteiger partial charge is 0.439 e. The quantitative estimate of drug-likeness (QED) is 0.525. The zero-order valence-corrected chi connectivity index (χ0v) is 15.0. The molecule has 0 spiro atoms. The summed E-state index contributed by atoms with van der Waals surface area (Å²) in [5.41, 5.74) is 0.787. The van der Waals surface area contributed by atoms with Gasteiger partial charge in [0.2, 0.25) is 5.91 Å². The average Bonchev–Trinajstić information content (AvgIpc) is 3.12. The van der Waals surface area contributed by atoms with E-state index in [4.69, 9.17) is 0 Å². The summed E-state index contributed by atoms with van der Waals surface area (Å²) in [5.74, 6) is -3.14. The second-order valence-electron chi connectivity index (χ2n) is 6.06. The molecule has 3 N–H and O–H groups in total. The molecule has 1 aromatic heterocycles. The van der Waals surface area contributed by atoms with E-state index in [0.29, 0.717) is 23.7 Å². The molecule has 150 valence electrons. The number of aromatic nitrogens is 2. The number of aromatic amines is 1. The Morgan fingerprint density at radius 2 is 1.97 bits per heavy atom. The van der Waals surface area contributed by atoms with Gasteiger partial charge in [-0.25, -0.2) is 13.6 Å². The number of hydrogen-bond donors (Lipinski definition) is 3. The van der Waals surface area contributed by atoms with Crippen molar-refractivity contribution in [2.45, 2.75) is 12.8 Å². The number of carbonyl (C=O) groups is 2. The summed E-state index contributed by atoms with van der Waals surface area (Å²) >= 11 is 0. The number of H-pyrrole nitrogens is 1. The highest BCUT2D eigenvalue weighted by atomic mass is 19.1. The first-order valence-corrected chi connectivity index (χ1v) is 8.62. The van der Waals surface area contributed by atoms with E-state index in [9.17, 15) is 23.2 Å². The molecule has 0 saturated heterocycles. The van der Waals surface area contributed by atoms with E-state index in [1.165, 1.54) is 0 Å². The number of anilines is 1. The topological polar surface area (TPSA) is 117 Å². The molecule has 8 nitrogen and oxygen atoms in total. The van der Waals surface area contributed by atoms with Crippen molar-refractivity contribution in [1.29, 1.82) is 0 Å². The molecule has 0 fully saturated rings. The molecule has 0 radical (unpaired) electrons. The van der Waals surface area contributed by atoms with Gasteiger partial charge in [-0.05, 0) is 30.7 Å². The molecule has 0 aliphatic rings. The van der Waals surface area contributed by atoms with Crippen LogP contribution in [0.15, 0.2) is 51.8 Å². The van der Waals surface area contributed by atoms with Crippen LogP contribution >= 0.6 is 0 Å². The molecule has 0 saturated carbocycles. The molecule has 3 aromatic rings. The van der Waals surface area contributed by atoms with Gasteiger partial charge in [-0.15, -0.1) is 0 Å². The van der Waals surface area contributed by atoms with Gasteiger partial charge in [0.05, 0.1) is 5.56 Å². The highest BCUT2D eigenvalue weighted by Crippen LogP contribution is 2.18. The van der Waals surface area contributed by atoms with Gasteiger partial charge in [-0.3, -0.25) is 19.1 Å². The van der Waals surface area contributed by atoms with Crippen molar-refractivity contribution >= 4 is 17.5 Å². The molecule has 2 amide bonds. The summed E-state index contributed by atoms with van der Waals surface area (Å²) in [7, 11) is 0. The molecule has 0 unspecified atom stereocenters. The van der Waals surface area contributed by atoms with Gasteiger partial charge in [0.15, 0.2) is 5.82 Å². The summed E-state index contributed by atoms with van der Waals surface area (Å²) < 4.78 is 30.9. The molecule has 10 heteroatoms. The minimum absolute atomic E-state index is 0.108. The molecule has 3 rings (SSSR count). The maximum absolute atomic E-state index is 13.5. The Morgan fingerprint density at radius 1 is 1.14 bits per heavy atom. The Balaban J connectivity index is 1.47. The Morgan fingerprint density at radius 3 is 2.69 bits per heavy atom. The van der Waals surface area contributed by atoms with Crippen molar-refractivity contribution in [1.82, 2.24) is 15.5 Å². The van der Waals surface area contributed by atoms with Crippen LogP contribution in [0.25, 0.3) is 11.4 Å². The van der Waals surface area contributed by atoms with Crippen molar-refractivity contribution in [3.63, 3.8) is 0 Å². The molecular formula is C19H16F2N4O4. The molecule has 0 atom stereocenters. The van der Waals surface area contributed by atoms with E-state index in [1.807, 2.05) is 0 Å². The standard InChI is InChI=1S/C19H16F2N4O4/c20-12-6-7-14(15(21)10-12)18(27)22-8-2-5-16(26)23-13-4-1-3-11(9-13)17-24-19(28)29-25-17/h1,3-4,6-7,9-10H,2,5,8H2,(H,22,27)(H,23,26)(H,24,25,28). The molecule has 29 heavy (non-hydrogen) atoms. The summed E-state index contributed by atoms with van der Waals surface area (Å²) in [5, 5.41) is 8.74. The number of nitrogens with one attached hydrogen (secondary N) is 3. The normalized spacial score (nSPS) is 10.6. The summed E-state index contributed by atoms with van der Waals surface area (Å²) in [6.07, 6.45) is 0.424. The van der Waals surface area contributed by atoms with Crippen molar-refractivity contribution in [3.05, 3.63) is 70.2 Å². The lowest BCUT2D eigenvalue weighted by atomic mass is 10.2. The van der Waals surface area contributed by atoms with E-state index < -0.39 is 23.3 Å². The molecule has 0 bridgehead atoms. The van der Waals surface area contributed by atoms with Crippen LogP contribution in [0, 0.1) is 11.6 Å². The average molecular weight is 402 g/mol. The Labute approximate surface area is 162 Å². The molecule has 1 heterocycles. The maximum Gasteiger partial charge on any atom is 0.439 e. The fraction of sp³-hybridized carbons (Fsp3) is 0.158. The lowest BCUT2D eigenvalue weighted by Gasteiger charge is -2.08. The smallest absolute Gasteiger partial charge is 0.352 e. The zero-order valence-electron chi connectivity index (χ0n) is 15.0. The molecule has 0 aliphatic heterocycles. The lowest BCUT2D eigenvalue weighted by molar-refractivity contribution is -0.116. The van der Waals surface area contributed by atoms with E-state index in [-0.39, 0.29) is 30.3 Å².